The van der Waals surface area contributed by atoms with Gasteiger partial charge in [0.05, 0.1) is 12.2 Å². The van der Waals surface area contributed by atoms with Crippen LogP contribution in [-0.4, -0.2) is 37.1 Å². The second-order valence-corrected chi connectivity index (χ2v) is 5.05. The lowest BCUT2D eigenvalue weighted by atomic mass is 10.1. The highest BCUT2D eigenvalue weighted by Gasteiger charge is 2.23. The number of anilines is 1. The second-order valence-electron chi connectivity index (χ2n) is 5.05. The Kier molecular flexibility index (Phi) is 6.52. The van der Waals surface area contributed by atoms with Gasteiger partial charge in [-0.25, -0.2) is 0 Å². The Hall–Kier alpha value is -1.55. The van der Waals surface area contributed by atoms with Crippen LogP contribution >= 0.6 is 0 Å². The fraction of sp³-hybridized carbons (Fsp3) is 0.562. The molecule has 2 N–H and O–H groups in total. The van der Waals surface area contributed by atoms with Crippen LogP contribution in [0.2, 0.25) is 0 Å². The molecule has 0 atom stereocenters. The molecule has 112 valence electrons. The van der Waals surface area contributed by atoms with E-state index in [2.05, 4.69) is 13.8 Å². The highest BCUT2D eigenvalue weighted by molar-refractivity contribution is 5.99. The van der Waals surface area contributed by atoms with Gasteiger partial charge >= 0.3 is 0 Å². The van der Waals surface area contributed by atoms with Crippen LogP contribution in [0.1, 0.15) is 42.6 Å². The third kappa shape index (κ3) is 3.97. The lowest BCUT2D eigenvalue weighted by Crippen LogP contribution is -2.42. The summed E-state index contributed by atoms with van der Waals surface area (Å²) in [5.74, 6) is -0.00625. The topological polar surface area (TPSA) is 55.6 Å². The molecule has 1 aromatic rings. The van der Waals surface area contributed by atoms with Crippen molar-refractivity contribution in [1.82, 2.24) is 4.90 Å². The van der Waals surface area contributed by atoms with Crippen LogP contribution in [0.5, 0.6) is 0 Å². The molecule has 1 rings (SSSR count). The molecule has 0 aliphatic carbocycles. The van der Waals surface area contributed by atoms with Crippen molar-refractivity contribution in [2.75, 3.05) is 26.0 Å². The Bertz CT molecular complexity index is 442. The van der Waals surface area contributed by atoms with Gasteiger partial charge in [-0.2, -0.15) is 0 Å². The van der Waals surface area contributed by atoms with Crippen LogP contribution in [0.3, 0.4) is 0 Å². The van der Waals surface area contributed by atoms with Crippen LogP contribution in [0, 0.1) is 6.92 Å². The summed E-state index contributed by atoms with van der Waals surface area (Å²) in [7, 11) is 1.65. The third-order valence-corrected chi connectivity index (χ3v) is 3.62. The summed E-state index contributed by atoms with van der Waals surface area (Å²) in [6.07, 6.45) is 1.86. The first kappa shape index (κ1) is 16.5. The van der Waals surface area contributed by atoms with Crippen LogP contribution in [-0.2, 0) is 4.74 Å². The summed E-state index contributed by atoms with van der Waals surface area (Å²) in [6, 6.07) is 5.80. The lowest BCUT2D eigenvalue weighted by molar-refractivity contribution is 0.0590. The first-order valence-electron chi connectivity index (χ1n) is 7.21. The number of ether oxygens (including phenoxy) is 1. The first-order valence-corrected chi connectivity index (χ1v) is 7.21. The fourth-order valence-corrected chi connectivity index (χ4v) is 2.40. The highest BCUT2D eigenvalue weighted by Crippen LogP contribution is 2.19. The average Bonchev–Trinajstić information content (AvgIpc) is 2.43. The Labute approximate surface area is 121 Å². The molecule has 0 saturated heterocycles. The monoisotopic (exact) mass is 278 g/mol. The number of nitrogens with zero attached hydrogens (tertiary/aromatic N) is 1. The summed E-state index contributed by atoms with van der Waals surface area (Å²) in [6.45, 7) is 7.29. The van der Waals surface area contributed by atoms with E-state index in [1.54, 1.807) is 7.11 Å². The smallest absolute Gasteiger partial charge is 0.256 e. The Morgan fingerprint density at radius 1 is 1.35 bits per heavy atom. The normalized spacial score (nSPS) is 10.8. The van der Waals surface area contributed by atoms with Crippen molar-refractivity contribution in [3.05, 3.63) is 29.3 Å². The van der Waals surface area contributed by atoms with Gasteiger partial charge in [-0.05, 0) is 37.5 Å². The predicted octanol–water partition coefficient (Wildman–Crippen LogP) is 2.85. The molecule has 4 heteroatoms. The predicted molar refractivity (Wildman–Crippen MR) is 82.9 cm³/mol. The molecular weight excluding hydrogens is 252 g/mol. The van der Waals surface area contributed by atoms with Crippen molar-refractivity contribution in [2.45, 2.75) is 39.7 Å². The SMILES string of the molecule is CCC(CC)N(CCOC)C(=O)c1ccc(C)cc1N. The van der Waals surface area contributed by atoms with Crippen molar-refractivity contribution in [2.24, 2.45) is 0 Å². The zero-order valence-corrected chi connectivity index (χ0v) is 13.0. The van der Waals surface area contributed by atoms with E-state index in [1.807, 2.05) is 30.0 Å². The van der Waals surface area contributed by atoms with Gasteiger partial charge < -0.3 is 15.4 Å². The van der Waals surface area contributed by atoms with Crippen molar-refractivity contribution in [3.8, 4) is 0 Å². The molecule has 0 spiro atoms. The van der Waals surface area contributed by atoms with Crippen molar-refractivity contribution >= 4 is 11.6 Å². The fourth-order valence-electron chi connectivity index (χ4n) is 2.40. The molecule has 0 aliphatic rings. The number of benzene rings is 1. The molecule has 0 heterocycles. The zero-order valence-electron chi connectivity index (χ0n) is 13.0. The largest absolute Gasteiger partial charge is 0.398 e. The Balaban J connectivity index is 3.02. The number of hydrogen-bond acceptors (Lipinski definition) is 3. The number of carbonyl (C=O) groups excluding carboxylic acids is 1. The van der Waals surface area contributed by atoms with Crippen molar-refractivity contribution in [3.63, 3.8) is 0 Å². The summed E-state index contributed by atoms with van der Waals surface area (Å²) < 4.78 is 5.12. The molecule has 1 aromatic carbocycles. The van der Waals surface area contributed by atoms with E-state index in [0.717, 1.165) is 18.4 Å². The quantitative estimate of drug-likeness (QED) is 0.780. The number of amides is 1. The maximum Gasteiger partial charge on any atom is 0.256 e. The van der Waals surface area contributed by atoms with Gasteiger partial charge in [0, 0.05) is 25.4 Å². The van der Waals surface area contributed by atoms with Gasteiger partial charge in [0.25, 0.3) is 5.91 Å². The third-order valence-electron chi connectivity index (χ3n) is 3.62. The number of aryl methyl sites for hydroxylation is 1. The van der Waals surface area contributed by atoms with E-state index in [9.17, 15) is 4.79 Å². The molecule has 0 aromatic heterocycles. The van der Waals surface area contributed by atoms with Crippen LogP contribution in [0.15, 0.2) is 18.2 Å². The maximum absolute atomic E-state index is 12.7. The first-order chi connectivity index (χ1) is 9.54. The van der Waals surface area contributed by atoms with Gasteiger partial charge in [0.15, 0.2) is 0 Å². The molecular formula is C16H26N2O2. The van der Waals surface area contributed by atoms with Gasteiger partial charge in [0.1, 0.15) is 0 Å². The number of carbonyl (C=O) groups is 1. The molecule has 0 unspecified atom stereocenters. The minimum atomic E-state index is -0.00625. The van der Waals surface area contributed by atoms with E-state index in [1.165, 1.54) is 0 Å². The minimum Gasteiger partial charge on any atom is -0.398 e. The van der Waals surface area contributed by atoms with Gasteiger partial charge in [-0.1, -0.05) is 19.9 Å². The van der Waals surface area contributed by atoms with Crippen LogP contribution in [0.25, 0.3) is 0 Å². The van der Waals surface area contributed by atoms with E-state index in [-0.39, 0.29) is 11.9 Å². The zero-order chi connectivity index (χ0) is 15.1. The molecule has 0 saturated carbocycles. The van der Waals surface area contributed by atoms with Crippen LogP contribution < -0.4 is 5.73 Å². The molecule has 0 fully saturated rings. The van der Waals surface area contributed by atoms with Gasteiger partial charge in [0.2, 0.25) is 0 Å². The molecule has 0 bridgehead atoms. The molecule has 4 nitrogen and oxygen atoms in total. The average molecular weight is 278 g/mol. The summed E-state index contributed by atoms with van der Waals surface area (Å²) in [5, 5.41) is 0. The Morgan fingerprint density at radius 2 is 2.00 bits per heavy atom. The standard InChI is InChI=1S/C16H26N2O2/c1-5-13(6-2)18(9-10-20-4)16(19)14-8-7-12(3)11-15(14)17/h7-8,11,13H,5-6,9-10,17H2,1-4H3. The van der Waals surface area contributed by atoms with Crippen molar-refractivity contribution < 1.29 is 9.53 Å². The highest BCUT2D eigenvalue weighted by atomic mass is 16.5. The van der Waals surface area contributed by atoms with E-state index < -0.39 is 0 Å². The number of methoxy groups -OCH3 is 1. The molecule has 0 aliphatic heterocycles. The van der Waals surface area contributed by atoms with E-state index >= 15 is 0 Å². The maximum atomic E-state index is 12.7. The number of nitrogen functional groups attached to an aromatic ring is 1. The number of nitrogens with two attached hydrogens (primary N) is 1. The number of rotatable bonds is 7. The minimum absolute atomic E-state index is 0.00625. The summed E-state index contributed by atoms with van der Waals surface area (Å²) >= 11 is 0. The summed E-state index contributed by atoms with van der Waals surface area (Å²) in [4.78, 5) is 14.6. The van der Waals surface area contributed by atoms with Crippen LogP contribution in [0.4, 0.5) is 5.69 Å². The second kappa shape index (κ2) is 7.90. The summed E-state index contributed by atoms with van der Waals surface area (Å²) in [5.41, 5.74) is 8.18. The van der Waals surface area contributed by atoms with Crippen molar-refractivity contribution in [1.29, 1.82) is 0 Å². The van der Waals surface area contributed by atoms with Gasteiger partial charge in [-0.3, -0.25) is 4.79 Å². The van der Waals surface area contributed by atoms with E-state index in [0.29, 0.717) is 24.4 Å². The lowest BCUT2D eigenvalue weighted by Gasteiger charge is -2.31. The number of hydrogen-bond donors (Lipinski definition) is 1. The van der Waals surface area contributed by atoms with E-state index in [4.69, 9.17) is 10.5 Å². The van der Waals surface area contributed by atoms with Gasteiger partial charge in [-0.15, -0.1) is 0 Å². The molecule has 0 radical (unpaired) electrons. The molecule has 1 amide bonds. The molecule has 20 heavy (non-hydrogen) atoms. The Morgan fingerprint density at radius 3 is 2.50 bits per heavy atom.